The standard InChI is InChI=1S/C19H26N6O2/c1-3-17(26)20-10-11-21-18(19-22-23-24-25(19)12-13-27-2)16-9-5-7-14-6-4-8-15(14)16/h3,5,7,9,18,21H,1,4,6,8,10-13H2,2H3,(H,20,26). The van der Waals surface area contributed by atoms with Crippen LogP contribution in [0, 0.1) is 0 Å². The average molecular weight is 370 g/mol. The topological polar surface area (TPSA) is 94.0 Å². The zero-order chi connectivity index (χ0) is 19.1. The molecule has 8 nitrogen and oxygen atoms in total. The number of nitrogens with zero attached hydrogens (tertiary/aromatic N) is 4. The second-order valence-corrected chi connectivity index (χ2v) is 6.47. The zero-order valence-corrected chi connectivity index (χ0v) is 15.6. The van der Waals surface area contributed by atoms with Gasteiger partial charge in [-0.1, -0.05) is 24.8 Å². The molecule has 2 N–H and O–H groups in total. The van der Waals surface area contributed by atoms with Crippen LogP contribution in [0.25, 0.3) is 0 Å². The summed E-state index contributed by atoms with van der Waals surface area (Å²) >= 11 is 0. The first kappa shape index (κ1) is 19.2. The molecule has 3 rings (SSSR count). The summed E-state index contributed by atoms with van der Waals surface area (Å²) in [6, 6.07) is 6.28. The van der Waals surface area contributed by atoms with Crippen molar-refractivity contribution in [3.63, 3.8) is 0 Å². The quantitative estimate of drug-likeness (QED) is 0.474. The number of aryl methyl sites for hydroxylation is 1. The van der Waals surface area contributed by atoms with Crippen LogP contribution >= 0.6 is 0 Å². The smallest absolute Gasteiger partial charge is 0.243 e. The molecule has 144 valence electrons. The number of nitrogens with one attached hydrogen (secondary N) is 2. The molecule has 2 aromatic rings. The Balaban J connectivity index is 1.84. The molecule has 1 aromatic carbocycles. The average Bonchev–Trinajstić information content (AvgIpc) is 3.35. The van der Waals surface area contributed by atoms with Gasteiger partial charge in [0.15, 0.2) is 5.82 Å². The maximum absolute atomic E-state index is 11.4. The fraction of sp³-hybridized carbons (Fsp3) is 0.474. The number of rotatable bonds is 10. The van der Waals surface area contributed by atoms with Crippen molar-refractivity contribution in [1.29, 1.82) is 0 Å². The minimum atomic E-state index is -0.182. The molecule has 1 aliphatic carbocycles. The molecule has 1 aromatic heterocycles. The summed E-state index contributed by atoms with van der Waals surface area (Å²) in [6.07, 6.45) is 4.62. The highest BCUT2D eigenvalue weighted by molar-refractivity contribution is 5.86. The fourth-order valence-electron chi connectivity index (χ4n) is 3.49. The molecule has 0 aliphatic heterocycles. The van der Waals surface area contributed by atoms with Crippen LogP contribution in [0.2, 0.25) is 0 Å². The SMILES string of the molecule is C=CC(=O)NCCNC(c1cccc2c1CCC2)c1nnnn1CCOC. The first-order chi connectivity index (χ1) is 13.2. The maximum Gasteiger partial charge on any atom is 0.243 e. The Bertz CT molecular complexity index is 788. The van der Waals surface area contributed by atoms with Crippen molar-refractivity contribution in [1.82, 2.24) is 30.8 Å². The Morgan fingerprint density at radius 3 is 3.11 bits per heavy atom. The third-order valence-corrected chi connectivity index (χ3v) is 4.78. The van der Waals surface area contributed by atoms with Gasteiger partial charge in [0.1, 0.15) is 0 Å². The molecular weight excluding hydrogens is 344 g/mol. The Morgan fingerprint density at radius 2 is 2.30 bits per heavy atom. The lowest BCUT2D eigenvalue weighted by Gasteiger charge is -2.21. The number of ether oxygens (including phenoxy) is 1. The van der Waals surface area contributed by atoms with Crippen LogP contribution in [-0.2, 0) is 28.9 Å². The van der Waals surface area contributed by atoms with E-state index in [1.165, 1.54) is 29.2 Å². The molecule has 8 heteroatoms. The van der Waals surface area contributed by atoms with E-state index in [1.807, 2.05) is 0 Å². The summed E-state index contributed by atoms with van der Waals surface area (Å²) in [7, 11) is 1.66. The molecule has 0 fully saturated rings. The molecule has 1 unspecified atom stereocenters. The van der Waals surface area contributed by atoms with Crippen molar-refractivity contribution in [2.24, 2.45) is 0 Å². The zero-order valence-electron chi connectivity index (χ0n) is 15.6. The number of carbonyl (C=O) groups is 1. The predicted octanol–water partition coefficient (Wildman–Crippen LogP) is 0.789. The second-order valence-electron chi connectivity index (χ2n) is 6.47. The highest BCUT2D eigenvalue weighted by Crippen LogP contribution is 2.31. The normalized spacial score (nSPS) is 14.0. The lowest BCUT2D eigenvalue weighted by atomic mass is 9.96. The highest BCUT2D eigenvalue weighted by atomic mass is 16.5. The summed E-state index contributed by atoms with van der Waals surface area (Å²) in [5.41, 5.74) is 3.98. The van der Waals surface area contributed by atoms with Gasteiger partial charge in [0, 0.05) is 20.2 Å². The molecule has 1 amide bonds. The van der Waals surface area contributed by atoms with Crippen LogP contribution in [0.4, 0.5) is 0 Å². The Labute approximate surface area is 159 Å². The number of hydrogen-bond acceptors (Lipinski definition) is 6. The maximum atomic E-state index is 11.4. The van der Waals surface area contributed by atoms with Crippen LogP contribution in [0.15, 0.2) is 30.9 Å². The molecule has 0 saturated heterocycles. The van der Waals surface area contributed by atoms with Crippen LogP contribution < -0.4 is 10.6 Å². The monoisotopic (exact) mass is 370 g/mol. The molecule has 0 spiro atoms. The van der Waals surface area contributed by atoms with Gasteiger partial charge in [-0.15, -0.1) is 5.10 Å². The van der Waals surface area contributed by atoms with Gasteiger partial charge in [0.2, 0.25) is 5.91 Å². The molecular formula is C19H26N6O2. The highest BCUT2D eigenvalue weighted by Gasteiger charge is 2.25. The molecule has 0 saturated carbocycles. The third-order valence-electron chi connectivity index (χ3n) is 4.78. The van der Waals surface area contributed by atoms with Crippen molar-refractivity contribution < 1.29 is 9.53 Å². The van der Waals surface area contributed by atoms with Crippen LogP contribution in [-0.4, -0.2) is 52.9 Å². The minimum absolute atomic E-state index is 0.148. The van der Waals surface area contributed by atoms with Gasteiger partial charge < -0.3 is 15.4 Å². The molecule has 0 radical (unpaired) electrons. The van der Waals surface area contributed by atoms with E-state index >= 15 is 0 Å². The van der Waals surface area contributed by atoms with Gasteiger partial charge in [0.05, 0.1) is 19.2 Å². The van der Waals surface area contributed by atoms with Gasteiger partial charge in [-0.25, -0.2) is 4.68 Å². The first-order valence-electron chi connectivity index (χ1n) is 9.24. The third kappa shape index (κ3) is 4.58. The van der Waals surface area contributed by atoms with Crippen LogP contribution in [0.1, 0.15) is 35.0 Å². The van der Waals surface area contributed by atoms with Crippen molar-refractivity contribution in [3.05, 3.63) is 53.4 Å². The fourth-order valence-corrected chi connectivity index (χ4v) is 3.49. The largest absolute Gasteiger partial charge is 0.383 e. The number of fused-ring (bicyclic) bond motifs is 1. The second kappa shape index (κ2) is 9.38. The number of aromatic nitrogens is 4. The summed E-state index contributed by atoms with van der Waals surface area (Å²) in [5.74, 6) is 0.571. The van der Waals surface area contributed by atoms with E-state index in [9.17, 15) is 4.79 Å². The lowest BCUT2D eigenvalue weighted by molar-refractivity contribution is -0.116. The minimum Gasteiger partial charge on any atom is -0.383 e. The van der Waals surface area contributed by atoms with Gasteiger partial charge in [-0.05, 0) is 52.5 Å². The summed E-state index contributed by atoms with van der Waals surface area (Å²) in [5, 5.41) is 18.6. The van der Waals surface area contributed by atoms with Crippen molar-refractivity contribution >= 4 is 5.91 Å². The molecule has 0 bridgehead atoms. The predicted molar refractivity (Wildman–Crippen MR) is 101 cm³/mol. The Hall–Kier alpha value is -2.58. The molecule has 1 heterocycles. The van der Waals surface area contributed by atoms with E-state index in [0.29, 0.717) is 26.2 Å². The van der Waals surface area contributed by atoms with Gasteiger partial charge in [-0.2, -0.15) is 0 Å². The van der Waals surface area contributed by atoms with Gasteiger partial charge in [-0.3, -0.25) is 4.79 Å². The summed E-state index contributed by atoms with van der Waals surface area (Å²) in [4.78, 5) is 11.4. The lowest BCUT2D eigenvalue weighted by Crippen LogP contribution is -2.34. The number of tetrazole rings is 1. The first-order valence-corrected chi connectivity index (χ1v) is 9.24. The van der Waals surface area contributed by atoms with Crippen molar-refractivity contribution in [3.8, 4) is 0 Å². The van der Waals surface area contributed by atoms with E-state index < -0.39 is 0 Å². The Kier molecular flexibility index (Phi) is 6.67. The number of methoxy groups -OCH3 is 1. The summed E-state index contributed by atoms with van der Waals surface area (Å²) < 4.78 is 6.95. The molecule has 27 heavy (non-hydrogen) atoms. The number of benzene rings is 1. The van der Waals surface area contributed by atoms with E-state index in [1.54, 1.807) is 11.8 Å². The number of carbonyl (C=O) groups excluding carboxylic acids is 1. The van der Waals surface area contributed by atoms with E-state index in [2.05, 4.69) is 50.9 Å². The molecule has 1 aliphatic rings. The van der Waals surface area contributed by atoms with Gasteiger partial charge in [0.25, 0.3) is 0 Å². The Morgan fingerprint density at radius 1 is 1.41 bits per heavy atom. The molecule has 1 atom stereocenters. The van der Waals surface area contributed by atoms with Crippen molar-refractivity contribution in [2.75, 3.05) is 26.8 Å². The van der Waals surface area contributed by atoms with E-state index in [4.69, 9.17) is 4.74 Å². The summed E-state index contributed by atoms with van der Waals surface area (Å²) in [6.45, 7) is 5.67. The van der Waals surface area contributed by atoms with Crippen LogP contribution in [0.5, 0.6) is 0 Å². The van der Waals surface area contributed by atoms with Crippen molar-refractivity contribution in [2.45, 2.75) is 31.8 Å². The number of amides is 1. The number of hydrogen-bond donors (Lipinski definition) is 2. The van der Waals surface area contributed by atoms with Gasteiger partial charge >= 0.3 is 0 Å². The van der Waals surface area contributed by atoms with E-state index in [0.717, 1.165) is 18.7 Å². The van der Waals surface area contributed by atoms with Crippen LogP contribution in [0.3, 0.4) is 0 Å². The van der Waals surface area contributed by atoms with E-state index in [-0.39, 0.29) is 11.9 Å².